The van der Waals surface area contributed by atoms with Gasteiger partial charge in [-0.1, -0.05) is 90.4 Å². The zero-order valence-electron chi connectivity index (χ0n) is 15.7. The van der Waals surface area contributed by atoms with Gasteiger partial charge in [0.15, 0.2) is 0 Å². The topological polar surface area (TPSA) is 77.4 Å². The van der Waals surface area contributed by atoms with Crippen molar-refractivity contribution in [3.05, 3.63) is 11.5 Å². The Morgan fingerprint density at radius 3 is 1.58 bits per heavy atom. The van der Waals surface area contributed by atoms with Gasteiger partial charge in [-0.2, -0.15) is 0 Å². The molecule has 0 saturated heterocycles. The molecular formula is C18H35NaO4S. The summed E-state index contributed by atoms with van der Waals surface area (Å²) in [5.41, 5.74) is 0. The summed E-state index contributed by atoms with van der Waals surface area (Å²) in [5, 5.41) is 10.0. The second-order valence-electron chi connectivity index (χ2n) is 6.42. The summed E-state index contributed by atoms with van der Waals surface area (Å²) in [6.07, 6.45) is 17.2. The molecule has 0 rings (SSSR count). The van der Waals surface area contributed by atoms with Gasteiger partial charge in [0.2, 0.25) is 0 Å². The van der Waals surface area contributed by atoms with Crippen LogP contribution in [0.4, 0.5) is 0 Å². The van der Waals surface area contributed by atoms with Gasteiger partial charge in [-0.3, -0.25) is 0 Å². The van der Waals surface area contributed by atoms with Crippen LogP contribution in [-0.2, 0) is 10.1 Å². The predicted molar refractivity (Wildman–Crippen MR) is 95.2 cm³/mol. The third kappa shape index (κ3) is 22.6. The van der Waals surface area contributed by atoms with Crippen molar-refractivity contribution in [1.29, 1.82) is 0 Å². The maximum atomic E-state index is 10.4. The van der Waals surface area contributed by atoms with Crippen LogP contribution in [0.25, 0.3) is 0 Å². The van der Waals surface area contributed by atoms with Gasteiger partial charge >= 0.3 is 29.6 Å². The van der Waals surface area contributed by atoms with E-state index < -0.39 is 16.2 Å². The summed E-state index contributed by atoms with van der Waals surface area (Å²) >= 11 is 0. The van der Waals surface area contributed by atoms with Crippen molar-refractivity contribution in [3.8, 4) is 0 Å². The van der Waals surface area contributed by atoms with E-state index >= 15 is 0 Å². The van der Waals surface area contributed by atoms with Crippen molar-refractivity contribution >= 4 is 10.1 Å². The smallest absolute Gasteiger partial charge is 0.744 e. The van der Waals surface area contributed by atoms with Crippen LogP contribution in [0.3, 0.4) is 0 Å². The van der Waals surface area contributed by atoms with Crippen LogP contribution < -0.4 is 29.6 Å². The molecule has 1 unspecified atom stereocenters. The molecule has 1 N–H and O–H groups in total. The Labute approximate surface area is 171 Å². The fourth-order valence-corrected chi connectivity index (χ4v) is 3.03. The molecular weight excluding hydrogens is 335 g/mol. The molecule has 24 heavy (non-hydrogen) atoms. The summed E-state index contributed by atoms with van der Waals surface area (Å²) in [4.78, 5) is 0. The summed E-state index contributed by atoms with van der Waals surface area (Å²) in [5.74, 6) is 0. The average molecular weight is 371 g/mol. The van der Waals surface area contributed by atoms with E-state index in [9.17, 15) is 18.1 Å². The van der Waals surface area contributed by atoms with E-state index in [1.54, 1.807) is 0 Å². The second-order valence-corrected chi connectivity index (χ2v) is 7.68. The molecule has 4 nitrogen and oxygen atoms in total. The third-order valence-corrected chi connectivity index (χ3v) is 4.56. The number of unbranched alkanes of at least 4 members (excludes halogenated alkanes) is 12. The molecule has 0 aliphatic rings. The normalized spacial score (nSPS) is 13.1. The van der Waals surface area contributed by atoms with Gasteiger partial charge in [0.05, 0.1) is 6.10 Å². The van der Waals surface area contributed by atoms with Crippen LogP contribution in [0.2, 0.25) is 0 Å². The van der Waals surface area contributed by atoms with Gasteiger partial charge in [0.25, 0.3) is 0 Å². The largest absolute Gasteiger partial charge is 1.00 e. The molecule has 0 bridgehead atoms. The van der Waals surface area contributed by atoms with Crippen LogP contribution in [0.1, 0.15) is 96.8 Å². The van der Waals surface area contributed by atoms with Gasteiger partial charge in [-0.15, -0.1) is 0 Å². The van der Waals surface area contributed by atoms with Gasteiger partial charge < -0.3 is 9.66 Å². The number of rotatable bonds is 16. The fourth-order valence-electron chi connectivity index (χ4n) is 2.65. The summed E-state index contributed by atoms with van der Waals surface area (Å²) in [6, 6.07) is 0. The first-order valence-electron chi connectivity index (χ1n) is 9.28. The quantitative estimate of drug-likeness (QED) is 0.256. The first-order valence-corrected chi connectivity index (χ1v) is 10.7. The zero-order chi connectivity index (χ0) is 17.4. The summed E-state index contributed by atoms with van der Waals surface area (Å²) in [6.45, 7) is 2.24. The van der Waals surface area contributed by atoms with E-state index in [0.29, 0.717) is 11.8 Å². The molecule has 0 aliphatic carbocycles. The van der Waals surface area contributed by atoms with Gasteiger partial charge in [0, 0.05) is 5.41 Å². The first kappa shape index (κ1) is 26.8. The van der Waals surface area contributed by atoms with Crippen molar-refractivity contribution in [2.45, 2.75) is 103 Å². The molecule has 6 heteroatoms. The molecule has 0 saturated carbocycles. The molecule has 138 valence electrons. The van der Waals surface area contributed by atoms with Gasteiger partial charge in [-0.25, -0.2) is 8.42 Å². The number of aliphatic hydroxyl groups excluding tert-OH is 1. The van der Waals surface area contributed by atoms with Crippen LogP contribution in [-0.4, -0.2) is 24.2 Å². The van der Waals surface area contributed by atoms with Crippen LogP contribution in [0.5, 0.6) is 0 Å². The molecule has 0 radical (unpaired) electrons. The Balaban J connectivity index is 0. The average Bonchev–Trinajstić information content (AvgIpc) is 2.49. The predicted octanol–water partition coefficient (Wildman–Crippen LogP) is 1.89. The van der Waals surface area contributed by atoms with E-state index in [1.807, 2.05) is 0 Å². The third-order valence-electron chi connectivity index (χ3n) is 4.07. The van der Waals surface area contributed by atoms with Gasteiger partial charge in [-0.05, 0) is 12.5 Å². The Bertz CT molecular complexity index is 382. The zero-order valence-corrected chi connectivity index (χ0v) is 18.5. The van der Waals surface area contributed by atoms with Crippen molar-refractivity contribution in [3.63, 3.8) is 0 Å². The van der Waals surface area contributed by atoms with Crippen LogP contribution >= 0.6 is 0 Å². The molecule has 0 aromatic heterocycles. The number of hydrogen-bond acceptors (Lipinski definition) is 4. The molecule has 0 heterocycles. The molecule has 0 aromatic carbocycles. The monoisotopic (exact) mass is 370 g/mol. The number of aliphatic hydroxyl groups is 1. The van der Waals surface area contributed by atoms with Crippen LogP contribution in [0.15, 0.2) is 11.5 Å². The Morgan fingerprint density at radius 1 is 0.833 bits per heavy atom. The summed E-state index contributed by atoms with van der Waals surface area (Å²) in [7, 11) is -4.37. The Morgan fingerprint density at radius 2 is 1.21 bits per heavy atom. The van der Waals surface area contributed by atoms with Gasteiger partial charge in [0.1, 0.15) is 10.1 Å². The van der Waals surface area contributed by atoms with Crippen molar-refractivity contribution < 1.29 is 47.6 Å². The Kier molecular flexibility index (Phi) is 20.6. The SMILES string of the molecule is CCCCCCCCCCCCCCCC(O)/C=C/S(=O)(=O)[O-].[Na+]. The Hall–Kier alpha value is 0.610. The fraction of sp³-hybridized carbons (Fsp3) is 0.889. The summed E-state index contributed by atoms with van der Waals surface area (Å²) < 4.78 is 31.1. The van der Waals surface area contributed by atoms with Crippen molar-refractivity contribution in [2.24, 2.45) is 0 Å². The molecule has 0 aliphatic heterocycles. The standard InChI is InChI=1S/C18H36O4S.Na/c1-2-3-4-5-6-7-8-9-10-11-12-13-14-15-18(19)16-17-23(20,21)22;/h16-19H,2-15H2,1H3,(H,20,21,22);/q;+1/p-1/b17-16+;. The molecule has 1 atom stereocenters. The van der Waals surface area contributed by atoms with E-state index in [4.69, 9.17) is 0 Å². The van der Waals surface area contributed by atoms with E-state index in [-0.39, 0.29) is 29.6 Å². The van der Waals surface area contributed by atoms with Crippen molar-refractivity contribution in [1.82, 2.24) is 0 Å². The molecule has 0 fully saturated rings. The first-order chi connectivity index (χ1) is 11.0. The molecule has 0 amide bonds. The maximum Gasteiger partial charge on any atom is 1.00 e. The second kappa shape index (κ2) is 18.4. The number of hydrogen-bond donors (Lipinski definition) is 1. The minimum atomic E-state index is -4.37. The van der Waals surface area contributed by atoms with Crippen molar-refractivity contribution in [2.75, 3.05) is 0 Å². The van der Waals surface area contributed by atoms with E-state index in [0.717, 1.165) is 25.3 Å². The van der Waals surface area contributed by atoms with E-state index in [2.05, 4.69) is 6.92 Å². The van der Waals surface area contributed by atoms with E-state index in [1.165, 1.54) is 64.2 Å². The minimum absolute atomic E-state index is 0. The maximum absolute atomic E-state index is 10.4. The minimum Gasteiger partial charge on any atom is -0.744 e. The molecule has 0 aromatic rings. The van der Waals surface area contributed by atoms with Crippen LogP contribution in [0, 0.1) is 0 Å². The molecule has 0 spiro atoms.